The lowest BCUT2D eigenvalue weighted by Crippen LogP contribution is -2.48. The number of fused-ring (bicyclic) bond motifs is 1. The summed E-state index contributed by atoms with van der Waals surface area (Å²) in [6, 6.07) is 2.46. The van der Waals surface area contributed by atoms with E-state index in [1.54, 1.807) is 4.90 Å². The van der Waals surface area contributed by atoms with E-state index in [-0.39, 0.29) is 23.4 Å². The first-order valence-electron chi connectivity index (χ1n) is 11.6. The van der Waals surface area contributed by atoms with Crippen LogP contribution in [0.5, 0.6) is 5.88 Å². The molecule has 4 aromatic heterocycles. The van der Waals surface area contributed by atoms with E-state index in [1.165, 1.54) is 29.1 Å². The Morgan fingerprint density at radius 1 is 1.11 bits per heavy atom. The minimum atomic E-state index is -4.50. The molecule has 192 valence electrons. The molecule has 0 aromatic carbocycles. The number of hydrogen-bond donors (Lipinski definition) is 3. The van der Waals surface area contributed by atoms with Gasteiger partial charge in [0.1, 0.15) is 11.5 Å². The van der Waals surface area contributed by atoms with Gasteiger partial charge in [0.15, 0.2) is 5.65 Å². The summed E-state index contributed by atoms with van der Waals surface area (Å²) in [6.07, 6.45) is 1.81. The van der Waals surface area contributed by atoms with Crippen LogP contribution >= 0.6 is 0 Å². The van der Waals surface area contributed by atoms with E-state index >= 15 is 0 Å². The van der Waals surface area contributed by atoms with Crippen molar-refractivity contribution >= 4 is 23.5 Å². The molecule has 1 saturated heterocycles. The molecular weight excluding hydrogens is 493 g/mol. The molecule has 0 radical (unpaired) electrons. The van der Waals surface area contributed by atoms with Gasteiger partial charge in [-0.25, -0.2) is 14.8 Å². The average molecular weight is 514 g/mol. The third kappa shape index (κ3) is 4.47. The highest BCUT2D eigenvalue weighted by atomic mass is 19.4. The maximum Gasteiger partial charge on any atom is 0.419 e. The summed E-state index contributed by atoms with van der Waals surface area (Å²) in [5.74, 6) is -0.0423. The second-order valence-corrected chi connectivity index (χ2v) is 8.85. The Hall–Kier alpha value is -4.43. The summed E-state index contributed by atoms with van der Waals surface area (Å²) in [5.41, 5.74) is -0.375. The second kappa shape index (κ2) is 8.60. The number of aromatic nitrogens is 7. The third-order valence-corrected chi connectivity index (χ3v) is 6.20. The van der Waals surface area contributed by atoms with E-state index in [1.807, 2.05) is 4.90 Å². The van der Waals surface area contributed by atoms with E-state index in [2.05, 4.69) is 35.0 Å². The van der Waals surface area contributed by atoms with E-state index in [0.29, 0.717) is 48.6 Å². The molecule has 0 spiro atoms. The molecule has 6 rings (SSSR count). The molecule has 1 aliphatic carbocycles. The van der Waals surface area contributed by atoms with Crippen LogP contribution in [0.15, 0.2) is 34.3 Å². The molecule has 1 aliphatic heterocycles. The zero-order valence-electron chi connectivity index (χ0n) is 19.3. The number of pyridine rings is 1. The summed E-state index contributed by atoms with van der Waals surface area (Å²) in [4.78, 5) is 37.7. The number of aromatic amines is 2. The third-order valence-electron chi connectivity index (χ3n) is 6.20. The van der Waals surface area contributed by atoms with Gasteiger partial charge in [-0.05, 0) is 31.1 Å². The van der Waals surface area contributed by atoms with Gasteiger partial charge in [0.2, 0.25) is 11.8 Å². The number of nitrogens with one attached hydrogen (secondary N) is 2. The molecule has 3 N–H and O–H groups in total. The fourth-order valence-corrected chi connectivity index (χ4v) is 4.20. The normalized spacial score (nSPS) is 17.8. The van der Waals surface area contributed by atoms with Crippen LogP contribution < -0.4 is 26.3 Å². The lowest BCUT2D eigenvalue weighted by Gasteiger charge is -2.36. The molecule has 12 nitrogen and oxygen atoms in total. The zero-order chi connectivity index (χ0) is 25.7. The van der Waals surface area contributed by atoms with Gasteiger partial charge in [0.25, 0.3) is 5.62 Å². The highest BCUT2D eigenvalue weighted by molar-refractivity contribution is 5.57. The second-order valence-electron chi connectivity index (χ2n) is 8.85. The first-order valence-corrected chi connectivity index (χ1v) is 11.6. The van der Waals surface area contributed by atoms with Crippen molar-refractivity contribution in [3.05, 3.63) is 57.1 Å². The lowest BCUT2D eigenvalue weighted by molar-refractivity contribution is -0.137. The molecular formula is C22H21F3N10O2. The first kappa shape index (κ1) is 23.0. The molecule has 37 heavy (non-hydrogen) atoms. The maximum atomic E-state index is 13.5. The Morgan fingerprint density at radius 3 is 2.54 bits per heavy atom. The van der Waals surface area contributed by atoms with Gasteiger partial charge in [0, 0.05) is 37.6 Å². The number of imidazole rings is 1. The van der Waals surface area contributed by atoms with Crippen molar-refractivity contribution in [2.24, 2.45) is 4.99 Å². The van der Waals surface area contributed by atoms with Crippen LogP contribution in [0.1, 0.15) is 24.1 Å². The van der Waals surface area contributed by atoms with Gasteiger partial charge in [-0.15, -0.1) is 0 Å². The molecule has 0 amide bonds. The number of aromatic hydroxyl groups is 1. The number of nitrogens with zero attached hydrogens (tertiary/aromatic N) is 8. The number of hydrogen-bond acceptors (Lipinski definition) is 9. The van der Waals surface area contributed by atoms with Crippen molar-refractivity contribution in [3.63, 3.8) is 0 Å². The average Bonchev–Trinajstić information content (AvgIpc) is 3.51. The Labute approximate surface area is 205 Å². The molecule has 4 aromatic rings. The molecule has 2 aliphatic rings. The fourth-order valence-electron chi connectivity index (χ4n) is 4.20. The molecule has 5 heterocycles. The van der Waals surface area contributed by atoms with Crippen molar-refractivity contribution < 1.29 is 18.3 Å². The van der Waals surface area contributed by atoms with Crippen LogP contribution in [-0.4, -0.2) is 71.9 Å². The van der Waals surface area contributed by atoms with Crippen molar-refractivity contribution in [1.29, 1.82) is 0 Å². The van der Waals surface area contributed by atoms with Gasteiger partial charge in [-0.2, -0.15) is 32.8 Å². The summed E-state index contributed by atoms with van der Waals surface area (Å²) in [6.45, 7) is 1.32. The summed E-state index contributed by atoms with van der Waals surface area (Å²) < 4.78 is 41.9. The van der Waals surface area contributed by atoms with Crippen LogP contribution in [0.25, 0.3) is 11.7 Å². The van der Waals surface area contributed by atoms with E-state index < -0.39 is 17.4 Å². The zero-order valence-corrected chi connectivity index (χ0v) is 19.3. The molecule has 1 saturated carbocycles. The van der Waals surface area contributed by atoms with Gasteiger partial charge in [-0.3, -0.25) is 4.98 Å². The van der Waals surface area contributed by atoms with Crippen molar-refractivity contribution in [2.45, 2.75) is 25.1 Å². The topological polar surface area (TPSA) is 144 Å². The predicted octanol–water partition coefficient (Wildman–Crippen LogP) is 0.198. The molecule has 0 atom stereocenters. The number of halogens is 3. The van der Waals surface area contributed by atoms with Crippen LogP contribution in [0.4, 0.5) is 24.9 Å². The molecule has 0 bridgehead atoms. The van der Waals surface area contributed by atoms with Gasteiger partial charge in [0.05, 0.1) is 17.8 Å². The Kier molecular flexibility index (Phi) is 5.35. The SMILES string of the molecule is O=c1[nH]c(O)c(/C=c2\cnn3c(=NC4CC4)nc(N4CCN(c5ncccc5C(F)(F)F)CC4)nc23)[nH]1. The quantitative estimate of drug-likeness (QED) is 0.350. The summed E-state index contributed by atoms with van der Waals surface area (Å²) in [5, 5.41) is 14.8. The maximum absolute atomic E-state index is 13.5. The minimum absolute atomic E-state index is 0.0941. The number of rotatable bonds is 4. The Morgan fingerprint density at radius 2 is 1.86 bits per heavy atom. The van der Waals surface area contributed by atoms with E-state index in [4.69, 9.17) is 0 Å². The Bertz CT molecular complexity index is 1650. The largest absolute Gasteiger partial charge is 0.493 e. The minimum Gasteiger partial charge on any atom is -0.493 e. The lowest BCUT2D eigenvalue weighted by atomic mass is 10.2. The number of anilines is 2. The summed E-state index contributed by atoms with van der Waals surface area (Å²) >= 11 is 0. The van der Waals surface area contributed by atoms with Crippen molar-refractivity contribution in [2.75, 3.05) is 36.0 Å². The fraction of sp³-hybridized carbons (Fsp3) is 0.364. The first-order chi connectivity index (χ1) is 17.8. The van der Waals surface area contributed by atoms with Crippen LogP contribution in [0.2, 0.25) is 0 Å². The smallest absolute Gasteiger partial charge is 0.419 e. The predicted molar refractivity (Wildman–Crippen MR) is 125 cm³/mol. The molecule has 0 unspecified atom stereocenters. The van der Waals surface area contributed by atoms with E-state index in [0.717, 1.165) is 18.9 Å². The van der Waals surface area contributed by atoms with E-state index in [9.17, 15) is 23.1 Å². The number of alkyl halides is 3. The van der Waals surface area contributed by atoms with Crippen LogP contribution in [-0.2, 0) is 6.18 Å². The standard InChI is InChI=1S/C22H21F3N10O2/c23-22(24,25)14-2-1-5-26-17(14)33-6-8-34(9-7-33)19-30-16-12(10-15-18(36)31-21(37)29-15)11-27-35(16)20(32-19)28-13-3-4-13/h1-2,5,10-11,13,36H,3-4,6-9H2,(H2,29,31,37)/b12-10+,28-20?. The monoisotopic (exact) mass is 514 g/mol. The van der Waals surface area contributed by atoms with Gasteiger partial charge < -0.3 is 19.9 Å². The Balaban J connectivity index is 1.35. The van der Waals surface area contributed by atoms with Crippen LogP contribution in [0, 0.1) is 0 Å². The van der Waals surface area contributed by atoms with Crippen LogP contribution in [0.3, 0.4) is 0 Å². The van der Waals surface area contributed by atoms with Gasteiger partial charge in [-0.1, -0.05) is 0 Å². The highest BCUT2D eigenvalue weighted by Crippen LogP contribution is 2.35. The van der Waals surface area contributed by atoms with Crippen molar-refractivity contribution in [3.8, 4) is 5.88 Å². The highest BCUT2D eigenvalue weighted by Gasteiger charge is 2.36. The number of H-pyrrole nitrogens is 2. The molecule has 2 fully saturated rings. The summed E-state index contributed by atoms with van der Waals surface area (Å²) in [7, 11) is 0. The number of piperazine rings is 1. The molecule has 15 heteroatoms. The van der Waals surface area contributed by atoms with Crippen molar-refractivity contribution in [1.82, 2.24) is 34.5 Å². The van der Waals surface area contributed by atoms with Gasteiger partial charge >= 0.3 is 11.9 Å².